The van der Waals surface area contributed by atoms with Gasteiger partial charge in [0.2, 0.25) is 6.71 Å². The SMILES string of the molecule is CC(C)c1cccc(C(C)C)c1B1[C-]=[N+](c2c(C(C)C)cccc2C(C)C)c2ccccc21.[Ag].c1ccc2c(c1)[n-]c1ccccc12. The summed E-state index contributed by atoms with van der Waals surface area (Å²) in [7, 11) is 0. The summed E-state index contributed by atoms with van der Waals surface area (Å²) < 4.78 is 2.39. The summed E-state index contributed by atoms with van der Waals surface area (Å²) in [5.41, 5.74) is 13.2. The van der Waals surface area contributed by atoms with Crippen LogP contribution in [0.15, 0.2) is 109 Å². The van der Waals surface area contributed by atoms with E-state index in [0.717, 1.165) is 11.0 Å². The van der Waals surface area contributed by atoms with Gasteiger partial charge in [-0.15, -0.1) is 11.0 Å². The number of benzene rings is 5. The molecular formula is C43H46AgBN2-. The molecule has 0 amide bonds. The van der Waals surface area contributed by atoms with Crippen LogP contribution in [0, 0.1) is 0 Å². The zero-order valence-electron chi connectivity index (χ0n) is 29.0. The topological polar surface area (TPSA) is 17.1 Å². The second-order valence-corrected chi connectivity index (χ2v) is 13.9. The van der Waals surface area contributed by atoms with Gasteiger partial charge in [0, 0.05) is 22.4 Å². The molecule has 0 fully saturated rings. The van der Waals surface area contributed by atoms with E-state index in [1.807, 2.05) is 12.1 Å². The first-order valence-corrected chi connectivity index (χ1v) is 17.0. The minimum absolute atomic E-state index is 0. The molecule has 0 spiro atoms. The number of aromatic nitrogens is 1. The predicted molar refractivity (Wildman–Crippen MR) is 202 cm³/mol. The van der Waals surface area contributed by atoms with Crippen molar-refractivity contribution in [2.24, 2.45) is 0 Å². The molecular weight excluding hydrogens is 663 g/mol. The average Bonchev–Trinajstić information content (AvgIpc) is 3.63. The molecule has 0 saturated heterocycles. The van der Waals surface area contributed by atoms with Crippen molar-refractivity contribution < 1.29 is 22.4 Å². The zero-order valence-corrected chi connectivity index (χ0v) is 30.5. The second-order valence-electron chi connectivity index (χ2n) is 13.9. The Morgan fingerprint density at radius 1 is 0.511 bits per heavy atom. The fraction of sp³-hybridized carbons (Fsp3) is 0.279. The summed E-state index contributed by atoms with van der Waals surface area (Å²) in [6.45, 7) is 18.6. The Morgan fingerprint density at radius 2 is 0.936 bits per heavy atom. The number of rotatable bonds is 6. The van der Waals surface area contributed by atoms with E-state index < -0.39 is 0 Å². The summed E-state index contributed by atoms with van der Waals surface area (Å²) in [6, 6.07) is 39.1. The summed E-state index contributed by atoms with van der Waals surface area (Å²) in [4.78, 5) is 4.52. The average molecular weight is 710 g/mol. The van der Waals surface area contributed by atoms with Crippen molar-refractivity contribution in [3.05, 3.63) is 131 Å². The van der Waals surface area contributed by atoms with E-state index in [2.05, 4.69) is 168 Å². The molecule has 0 saturated carbocycles. The summed E-state index contributed by atoms with van der Waals surface area (Å²) in [5.74, 6) is 1.83. The fourth-order valence-corrected chi connectivity index (χ4v) is 7.05. The van der Waals surface area contributed by atoms with Gasteiger partial charge in [0.05, 0.1) is 11.8 Å². The van der Waals surface area contributed by atoms with Gasteiger partial charge >= 0.3 is 0 Å². The number of para-hydroxylation sites is 4. The quantitative estimate of drug-likeness (QED) is 0.0957. The van der Waals surface area contributed by atoms with Crippen molar-refractivity contribution in [1.29, 1.82) is 0 Å². The van der Waals surface area contributed by atoms with Crippen LogP contribution in [0.5, 0.6) is 0 Å². The number of hydrogen-bond acceptors (Lipinski definition) is 0. The van der Waals surface area contributed by atoms with E-state index in [1.165, 1.54) is 55.3 Å². The molecule has 0 unspecified atom stereocenters. The fourth-order valence-electron chi connectivity index (χ4n) is 7.05. The molecule has 1 aliphatic heterocycles. The largest absolute Gasteiger partial charge is 0.657 e. The van der Waals surface area contributed by atoms with Crippen molar-refractivity contribution in [3.8, 4) is 0 Å². The third kappa shape index (κ3) is 6.72. The van der Waals surface area contributed by atoms with Gasteiger partial charge in [-0.2, -0.15) is 0 Å². The standard InChI is InChI=1S/C31H38BN.C12H8N.Ag/c1-20(2)24-13-11-14-25(21(3)4)30(24)32-19-33(29-18-10-9-17-28(29)32)31-26(22(5)6)15-12-16-27(31)23(7)8;1-3-7-11-9(5-1)10-6-2-4-8-12(10)13-11;/h9-18,20-23H,1-8H3;1-8H;/q;-1;. The van der Waals surface area contributed by atoms with E-state index in [0.29, 0.717) is 23.7 Å². The molecule has 2 nitrogen and oxygen atoms in total. The van der Waals surface area contributed by atoms with Crippen molar-refractivity contribution in [1.82, 2.24) is 9.56 Å². The number of nitrogens with zero attached hydrogens (tertiary/aromatic N) is 2. The van der Waals surface area contributed by atoms with Crippen molar-refractivity contribution in [2.75, 3.05) is 0 Å². The molecule has 243 valence electrons. The van der Waals surface area contributed by atoms with Gasteiger partial charge in [0.15, 0.2) is 0 Å². The van der Waals surface area contributed by atoms with E-state index in [4.69, 9.17) is 0 Å². The van der Waals surface area contributed by atoms with E-state index in [-0.39, 0.29) is 29.1 Å². The first kappa shape index (κ1) is 34.7. The molecule has 1 aromatic heterocycles. The van der Waals surface area contributed by atoms with Gasteiger partial charge in [-0.25, -0.2) is 0 Å². The summed E-state index contributed by atoms with van der Waals surface area (Å²) >= 11 is 0. The minimum atomic E-state index is 0. The first-order chi connectivity index (χ1) is 22.2. The number of fused-ring (bicyclic) bond motifs is 4. The van der Waals surface area contributed by atoms with Crippen molar-refractivity contribution in [3.63, 3.8) is 0 Å². The van der Waals surface area contributed by atoms with Crippen molar-refractivity contribution in [2.45, 2.75) is 79.1 Å². The van der Waals surface area contributed by atoms with Gasteiger partial charge in [-0.1, -0.05) is 181 Å². The van der Waals surface area contributed by atoms with Crippen LogP contribution >= 0.6 is 0 Å². The summed E-state index contributed by atoms with van der Waals surface area (Å²) in [5, 5.41) is 2.50. The summed E-state index contributed by atoms with van der Waals surface area (Å²) in [6.07, 6.45) is 4.00. The van der Waals surface area contributed by atoms with Crippen LogP contribution < -0.4 is 20.5 Å². The molecule has 1 aliphatic rings. The van der Waals surface area contributed by atoms with Crippen LogP contribution in [-0.2, 0) is 22.4 Å². The molecule has 0 N–H and O–H groups in total. The van der Waals surface area contributed by atoms with Gasteiger partial charge in [0.25, 0.3) is 0 Å². The second kappa shape index (κ2) is 14.6. The molecule has 5 aromatic carbocycles. The van der Waals surface area contributed by atoms with Gasteiger partial charge in [-0.3, -0.25) is 0 Å². The Morgan fingerprint density at radius 3 is 1.43 bits per heavy atom. The molecule has 7 rings (SSSR count). The Labute approximate surface area is 297 Å². The van der Waals surface area contributed by atoms with Crippen LogP contribution in [-0.4, -0.2) is 12.8 Å². The third-order valence-corrected chi connectivity index (χ3v) is 9.36. The van der Waals surface area contributed by atoms with Crippen LogP contribution in [0.2, 0.25) is 0 Å². The first-order valence-electron chi connectivity index (χ1n) is 17.0. The Hall–Kier alpha value is -3.62. The van der Waals surface area contributed by atoms with Crippen LogP contribution in [0.25, 0.3) is 21.8 Å². The van der Waals surface area contributed by atoms with Gasteiger partial charge in [-0.05, 0) is 51.6 Å². The predicted octanol–water partition coefficient (Wildman–Crippen LogP) is 10.1. The molecule has 1 radical (unpaired) electrons. The maximum atomic E-state index is 4.52. The Balaban J connectivity index is 0.000000256. The zero-order chi connectivity index (χ0) is 32.5. The van der Waals surface area contributed by atoms with E-state index in [9.17, 15) is 0 Å². The minimum Gasteiger partial charge on any atom is -0.657 e. The van der Waals surface area contributed by atoms with Gasteiger partial charge in [0.1, 0.15) is 5.69 Å². The molecule has 47 heavy (non-hydrogen) atoms. The monoisotopic (exact) mass is 708 g/mol. The van der Waals surface area contributed by atoms with Crippen LogP contribution in [0.1, 0.15) is 101 Å². The van der Waals surface area contributed by atoms with E-state index in [1.54, 1.807) is 0 Å². The normalized spacial score (nSPS) is 12.5. The maximum Gasteiger partial charge on any atom is 0.238 e. The molecule has 4 heteroatoms. The van der Waals surface area contributed by atoms with E-state index >= 15 is 0 Å². The maximum absolute atomic E-state index is 4.52. The van der Waals surface area contributed by atoms with Crippen LogP contribution in [0.4, 0.5) is 11.4 Å². The molecule has 6 aromatic rings. The molecule has 0 atom stereocenters. The van der Waals surface area contributed by atoms with Gasteiger partial charge < -0.3 is 9.56 Å². The smallest absolute Gasteiger partial charge is 0.238 e. The Kier molecular flexibility index (Phi) is 10.8. The number of hydrogen-bond donors (Lipinski definition) is 0. The molecule has 2 heterocycles. The Bertz CT molecular complexity index is 1930. The molecule has 0 bridgehead atoms. The molecule has 0 aliphatic carbocycles. The van der Waals surface area contributed by atoms with Crippen LogP contribution in [0.3, 0.4) is 0 Å². The third-order valence-electron chi connectivity index (χ3n) is 9.36. The van der Waals surface area contributed by atoms with Crippen molar-refractivity contribution >= 4 is 56.9 Å².